The molecule has 3 heterocycles. The first-order valence-electron chi connectivity index (χ1n) is 6.64. The fraction of sp³-hybridized carbons (Fsp3) is 0.462. The van der Waals surface area contributed by atoms with Gasteiger partial charge in [-0.3, -0.25) is 9.69 Å². The van der Waals surface area contributed by atoms with Crippen LogP contribution in [-0.2, 0) is 4.79 Å². The standard InChI is InChI=1S/C13H17N5OS/c1-14-11(19)8-17-3-5-18(6-4-17)12-10-2-7-20-13(10)16-9-15-12/h2,7,9H,3-6,8H2,1H3,(H,14,19). The Balaban J connectivity index is 1.69. The van der Waals surface area contributed by atoms with Gasteiger partial charge in [0.2, 0.25) is 5.91 Å². The van der Waals surface area contributed by atoms with Crippen molar-refractivity contribution >= 4 is 33.3 Å². The van der Waals surface area contributed by atoms with Gasteiger partial charge in [0.25, 0.3) is 0 Å². The van der Waals surface area contributed by atoms with E-state index >= 15 is 0 Å². The molecule has 0 atom stereocenters. The number of hydrogen-bond donors (Lipinski definition) is 1. The van der Waals surface area contributed by atoms with Crippen molar-refractivity contribution < 1.29 is 4.79 Å². The molecule has 0 aliphatic carbocycles. The molecule has 0 radical (unpaired) electrons. The molecule has 0 bridgehead atoms. The van der Waals surface area contributed by atoms with Crippen molar-refractivity contribution in [2.24, 2.45) is 0 Å². The third-order valence-electron chi connectivity index (χ3n) is 3.56. The normalized spacial score (nSPS) is 16.6. The molecular weight excluding hydrogens is 274 g/mol. The Kier molecular flexibility index (Phi) is 3.79. The van der Waals surface area contributed by atoms with E-state index in [4.69, 9.17) is 0 Å². The number of thiophene rings is 1. The Labute approximate surface area is 121 Å². The van der Waals surface area contributed by atoms with E-state index in [0.717, 1.165) is 42.2 Å². The first-order valence-corrected chi connectivity index (χ1v) is 7.52. The second-order valence-electron chi connectivity index (χ2n) is 4.77. The molecule has 2 aromatic heterocycles. The van der Waals surface area contributed by atoms with Crippen molar-refractivity contribution in [3.8, 4) is 0 Å². The van der Waals surface area contributed by atoms with Crippen LogP contribution in [0.2, 0.25) is 0 Å². The number of rotatable bonds is 3. The molecular formula is C13H17N5OS. The number of carbonyl (C=O) groups is 1. The number of carbonyl (C=O) groups excluding carboxylic acids is 1. The van der Waals surface area contributed by atoms with Gasteiger partial charge in [-0.2, -0.15) is 0 Å². The summed E-state index contributed by atoms with van der Waals surface area (Å²) in [6, 6.07) is 2.08. The monoisotopic (exact) mass is 291 g/mol. The van der Waals surface area contributed by atoms with Gasteiger partial charge in [-0.05, 0) is 11.4 Å². The van der Waals surface area contributed by atoms with Crippen LogP contribution in [0.3, 0.4) is 0 Å². The Bertz CT molecular complexity index is 606. The van der Waals surface area contributed by atoms with Crippen LogP contribution in [0.1, 0.15) is 0 Å². The number of amides is 1. The van der Waals surface area contributed by atoms with Gasteiger partial charge in [-0.1, -0.05) is 0 Å². The fourth-order valence-corrected chi connectivity index (χ4v) is 3.16. The minimum Gasteiger partial charge on any atom is -0.358 e. The molecule has 106 valence electrons. The third-order valence-corrected chi connectivity index (χ3v) is 4.38. The zero-order valence-electron chi connectivity index (χ0n) is 11.4. The molecule has 7 heteroatoms. The first kappa shape index (κ1) is 13.3. The molecule has 0 spiro atoms. The lowest BCUT2D eigenvalue weighted by Gasteiger charge is -2.35. The summed E-state index contributed by atoms with van der Waals surface area (Å²) in [6.07, 6.45) is 1.63. The molecule has 0 aromatic carbocycles. The van der Waals surface area contributed by atoms with Gasteiger partial charge in [0.05, 0.1) is 11.9 Å². The molecule has 1 aliphatic heterocycles. The maximum absolute atomic E-state index is 11.4. The van der Waals surface area contributed by atoms with E-state index in [1.165, 1.54) is 0 Å². The quantitative estimate of drug-likeness (QED) is 0.895. The molecule has 0 unspecified atom stereocenters. The summed E-state index contributed by atoms with van der Waals surface area (Å²) in [5, 5.41) is 5.83. The Morgan fingerprint density at radius 1 is 1.35 bits per heavy atom. The van der Waals surface area contributed by atoms with E-state index in [1.807, 2.05) is 5.38 Å². The summed E-state index contributed by atoms with van der Waals surface area (Å²) in [5.74, 6) is 1.08. The molecule has 6 nitrogen and oxygen atoms in total. The number of aromatic nitrogens is 2. The SMILES string of the molecule is CNC(=O)CN1CCN(c2ncnc3sccc23)CC1. The van der Waals surface area contributed by atoms with Crippen molar-refractivity contribution in [2.45, 2.75) is 0 Å². The van der Waals surface area contributed by atoms with Crippen LogP contribution in [0.4, 0.5) is 5.82 Å². The highest BCUT2D eigenvalue weighted by molar-refractivity contribution is 7.16. The third kappa shape index (κ3) is 2.59. The molecule has 1 saturated heterocycles. The van der Waals surface area contributed by atoms with Crippen LogP contribution in [-0.4, -0.2) is 60.5 Å². The lowest BCUT2D eigenvalue weighted by atomic mass is 10.2. The fourth-order valence-electron chi connectivity index (χ4n) is 2.43. The lowest BCUT2D eigenvalue weighted by molar-refractivity contribution is -0.121. The maximum atomic E-state index is 11.4. The molecule has 1 amide bonds. The van der Waals surface area contributed by atoms with Crippen LogP contribution in [0.25, 0.3) is 10.2 Å². The van der Waals surface area contributed by atoms with Crippen LogP contribution in [0.15, 0.2) is 17.8 Å². The maximum Gasteiger partial charge on any atom is 0.233 e. The lowest BCUT2D eigenvalue weighted by Crippen LogP contribution is -2.49. The predicted octanol–water partition coefficient (Wildman–Crippen LogP) is 0.559. The van der Waals surface area contributed by atoms with E-state index in [1.54, 1.807) is 24.7 Å². The van der Waals surface area contributed by atoms with Crippen LogP contribution >= 0.6 is 11.3 Å². The summed E-state index contributed by atoms with van der Waals surface area (Å²) in [6.45, 7) is 4.01. The Hall–Kier alpha value is -1.73. The van der Waals surface area contributed by atoms with Gasteiger partial charge in [0, 0.05) is 33.2 Å². The van der Waals surface area contributed by atoms with Crippen molar-refractivity contribution in [1.82, 2.24) is 20.2 Å². The van der Waals surface area contributed by atoms with Crippen molar-refractivity contribution in [2.75, 3.05) is 44.7 Å². The van der Waals surface area contributed by atoms with Crippen LogP contribution in [0, 0.1) is 0 Å². The van der Waals surface area contributed by atoms with Gasteiger partial charge in [-0.25, -0.2) is 9.97 Å². The van der Waals surface area contributed by atoms with Crippen LogP contribution in [0.5, 0.6) is 0 Å². The van der Waals surface area contributed by atoms with E-state index < -0.39 is 0 Å². The van der Waals surface area contributed by atoms with Crippen LogP contribution < -0.4 is 10.2 Å². The zero-order chi connectivity index (χ0) is 13.9. The molecule has 0 saturated carbocycles. The molecule has 3 rings (SSSR count). The smallest absolute Gasteiger partial charge is 0.233 e. The number of piperazine rings is 1. The van der Waals surface area contributed by atoms with Crippen molar-refractivity contribution in [1.29, 1.82) is 0 Å². The van der Waals surface area contributed by atoms with E-state index in [9.17, 15) is 4.79 Å². The molecule has 1 fully saturated rings. The van der Waals surface area contributed by atoms with E-state index in [-0.39, 0.29) is 5.91 Å². The Morgan fingerprint density at radius 2 is 2.15 bits per heavy atom. The highest BCUT2D eigenvalue weighted by Gasteiger charge is 2.21. The molecule has 2 aromatic rings. The minimum absolute atomic E-state index is 0.0701. The van der Waals surface area contributed by atoms with Gasteiger partial charge in [0.15, 0.2) is 0 Å². The highest BCUT2D eigenvalue weighted by atomic mass is 32.1. The predicted molar refractivity (Wildman–Crippen MR) is 80.1 cm³/mol. The number of anilines is 1. The topological polar surface area (TPSA) is 61.4 Å². The number of nitrogens with zero attached hydrogens (tertiary/aromatic N) is 4. The zero-order valence-corrected chi connectivity index (χ0v) is 12.2. The van der Waals surface area contributed by atoms with Crippen molar-refractivity contribution in [3.63, 3.8) is 0 Å². The number of nitrogens with one attached hydrogen (secondary N) is 1. The number of hydrogen-bond acceptors (Lipinski definition) is 6. The van der Waals surface area contributed by atoms with E-state index in [2.05, 4.69) is 31.2 Å². The average Bonchev–Trinajstić information content (AvgIpc) is 2.96. The van der Waals surface area contributed by atoms with Gasteiger partial charge < -0.3 is 10.2 Å². The van der Waals surface area contributed by atoms with Gasteiger partial charge in [0.1, 0.15) is 17.0 Å². The van der Waals surface area contributed by atoms with Crippen molar-refractivity contribution in [3.05, 3.63) is 17.8 Å². The summed E-state index contributed by atoms with van der Waals surface area (Å²) in [4.78, 5) is 25.6. The molecule has 20 heavy (non-hydrogen) atoms. The summed E-state index contributed by atoms with van der Waals surface area (Å²) in [7, 11) is 1.67. The highest BCUT2D eigenvalue weighted by Crippen LogP contribution is 2.27. The number of fused-ring (bicyclic) bond motifs is 1. The molecule has 1 N–H and O–H groups in total. The van der Waals surface area contributed by atoms with Gasteiger partial charge in [-0.15, -0.1) is 11.3 Å². The largest absolute Gasteiger partial charge is 0.358 e. The second-order valence-corrected chi connectivity index (χ2v) is 5.67. The van der Waals surface area contributed by atoms with Gasteiger partial charge >= 0.3 is 0 Å². The second kappa shape index (κ2) is 5.72. The molecule has 1 aliphatic rings. The van der Waals surface area contributed by atoms with E-state index in [0.29, 0.717) is 6.54 Å². The number of likely N-dealkylation sites (N-methyl/N-ethyl adjacent to an activating group) is 1. The summed E-state index contributed by atoms with van der Waals surface area (Å²) >= 11 is 1.64. The first-order chi connectivity index (χ1) is 9.78. The summed E-state index contributed by atoms with van der Waals surface area (Å²) in [5.41, 5.74) is 0. The average molecular weight is 291 g/mol. The Morgan fingerprint density at radius 3 is 2.90 bits per heavy atom. The minimum atomic E-state index is 0.0701. The summed E-state index contributed by atoms with van der Waals surface area (Å²) < 4.78 is 0.